The maximum Gasteiger partial charge on any atom is 0 e. The van der Waals surface area contributed by atoms with E-state index < -0.39 is 0 Å². The first-order valence-electron chi connectivity index (χ1n) is 2.81. The molecule has 0 amide bonds. The van der Waals surface area contributed by atoms with E-state index in [9.17, 15) is 0 Å². The molecule has 1 radical (unpaired) electrons. The van der Waals surface area contributed by atoms with E-state index in [1.807, 2.05) is 0 Å². The fourth-order valence-corrected chi connectivity index (χ4v) is 0.328. The van der Waals surface area contributed by atoms with E-state index in [0.717, 1.165) is 6.42 Å². The van der Waals surface area contributed by atoms with Crippen LogP contribution in [0.5, 0.6) is 0 Å². The molecule has 0 unspecified atom stereocenters. The van der Waals surface area contributed by atoms with Crippen LogP contribution in [0.15, 0.2) is 0 Å². The summed E-state index contributed by atoms with van der Waals surface area (Å²) < 4.78 is 0. The molecule has 0 N–H and O–H groups in total. The van der Waals surface area contributed by atoms with Crippen LogP contribution in [0.2, 0.25) is 0 Å². The monoisotopic (exact) mass is 198 g/mol. The molecule has 0 saturated heterocycles. The van der Waals surface area contributed by atoms with Crippen molar-refractivity contribution in [2.75, 3.05) is 0 Å². The predicted molar refractivity (Wildman–Crippen MR) is 37.2 cm³/mol. The van der Waals surface area contributed by atoms with Crippen LogP contribution in [0, 0.1) is 24.2 Å². The minimum Gasteiger partial charge on any atom is -0.327 e. The maximum atomic E-state index is 3.43. The van der Waals surface area contributed by atoms with E-state index in [4.69, 9.17) is 0 Å². The molecule has 0 aromatic rings. The normalized spacial score (nSPS) is 8.78. The van der Waals surface area contributed by atoms with Crippen molar-refractivity contribution in [2.45, 2.75) is 27.2 Å². The molecule has 49 valence electrons. The zero-order valence-electron chi connectivity index (χ0n) is 6.49. The summed E-state index contributed by atoms with van der Waals surface area (Å²) in [4.78, 5) is 0. The molecule has 0 aliphatic carbocycles. The zero-order chi connectivity index (χ0) is 6.62. The first kappa shape index (κ1) is 12.2. The molecule has 0 atom stereocenters. The summed E-state index contributed by atoms with van der Waals surface area (Å²) in [5.41, 5.74) is 0.338. The molecule has 0 rings (SSSR count). The SMILES string of the molecule is [CH2-]C#CCC(C)(C)C.[Y]. The average Bonchev–Trinajstić information content (AvgIpc) is 1.59. The Labute approximate surface area is 83.7 Å². The summed E-state index contributed by atoms with van der Waals surface area (Å²) in [5.74, 6) is 5.55. The summed E-state index contributed by atoms with van der Waals surface area (Å²) in [6, 6.07) is 0. The van der Waals surface area contributed by atoms with Gasteiger partial charge in [-0.05, 0) is 5.41 Å². The van der Waals surface area contributed by atoms with Crippen molar-refractivity contribution in [3.05, 3.63) is 6.92 Å². The minimum atomic E-state index is 0. The quantitative estimate of drug-likeness (QED) is 0.413. The second kappa shape index (κ2) is 5.33. The molecule has 1 heteroatoms. The van der Waals surface area contributed by atoms with Crippen LogP contribution in [0.1, 0.15) is 27.2 Å². The fraction of sp³-hybridized carbons (Fsp3) is 0.625. The van der Waals surface area contributed by atoms with Crippen molar-refractivity contribution < 1.29 is 32.7 Å². The number of rotatable bonds is 0. The molecule has 0 fully saturated rings. The summed E-state index contributed by atoms with van der Waals surface area (Å²) in [5, 5.41) is 0. The van der Waals surface area contributed by atoms with Gasteiger partial charge in [-0.15, -0.1) is 0 Å². The summed E-state index contributed by atoms with van der Waals surface area (Å²) in [7, 11) is 0. The Hall–Kier alpha value is 0.534. The van der Waals surface area contributed by atoms with E-state index in [-0.39, 0.29) is 32.7 Å². The Balaban J connectivity index is 0. The topological polar surface area (TPSA) is 0 Å². The molecule has 0 aliphatic rings. The van der Waals surface area contributed by atoms with Crippen LogP contribution in [0.4, 0.5) is 0 Å². The molecule has 0 nitrogen and oxygen atoms in total. The molecule has 0 aromatic heterocycles. The first-order valence-corrected chi connectivity index (χ1v) is 2.81. The van der Waals surface area contributed by atoms with E-state index in [1.165, 1.54) is 0 Å². The molecule has 0 saturated carbocycles. The van der Waals surface area contributed by atoms with Crippen molar-refractivity contribution in [1.29, 1.82) is 0 Å². The first-order chi connectivity index (χ1) is 3.56. The van der Waals surface area contributed by atoms with Gasteiger partial charge in [-0.25, -0.2) is 0 Å². The summed E-state index contributed by atoms with van der Waals surface area (Å²) in [6.07, 6.45) is 0.941. The van der Waals surface area contributed by atoms with Crippen LogP contribution in [0.3, 0.4) is 0 Å². The Morgan fingerprint density at radius 2 is 1.78 bits per heavy atom. The predicted octanol–water partition coefficient (Wildman–Crippen LogP) is 2.26. The molecule has 0 aromatic carbocycles. The van der Waals surface area contributed by atoms with Crippen molar-refractivity contribution in [2.24, 2.45) is 5.41 Å². The molecule has 0 heterocycles. The fourth-order valence-electron chi connectivity index (χ4n) is 0.328. The van der Waals surface area contributed by atoms with Gasteiger partial charge in [-0.1, -0.05) is 27.2 Å². The molecule has 9 heavy (non-hydrogen) atoms. The van der Waals surface area contributed by atoms with Crippen molar-refractivity contribution in [3.63, 3.8) is 0 Å². The second-order valence-corrected chi connectivity index (χ2v) is 3.09. The van der Waals surface area contributed by atoms with E-state index in [0.29, 0.717) is 5.41 Å². The molecular weight excluding hydrogens is 185 g/mol. The number of hydrogen-bond acceptors (Lipinski definition) is 0. The van der Waals surface area contributed by atoms with Crippen LogP contribution in [-0.4, -0.2) is 0 Å². The standard InChI is InChI=1S/C8H13.Y/c1-5-6-7-8(2,3)4;/h1,7H2,2-4H3;/q-1;. The van der Waals surface area contributed by atoms with Gasteiger partial charge in [0.05, 0.1) is 0 Å². The van der Waals surface area contributed by atoms with E-state index in [2.05, 4.69) is 39.5 Å². The minimum absolute atomic E-state index is 0. The van der Waals surface area contributed by atoms with Crippen molar-refractivity contribution >= 4 is 0 Å². The van der Waals surface area contributed by atoms with Crippen LogP contribution < -0.4 is 0 Å². The molecule has 0 aliphatic heterocycles. The van der Waals surface area contributed by atoms with Gasteiger partial charge < -0.3 is 5.92 Å². The van der Waals surface area contributed by atoms with Crippen LogP contribution in [0.25, 0.3) is 0 Å². The third-order valence-electron chi connectivity index (χ3n) is 0.744. The van der Waals surface area contributed by atoms with Gasteiger partial charge in [0, 0.05) is 32.7 Å². The smallest absolute Gasteiger partial charge is 0 e. The van der Waals surface area contributed by atoms with Gasteiger partial charge in [0.25, 0.3) is 0 Å². The van der Waals surface area contributed by atoms with Gasteiger partial charge in [0.1, 0.15) is 0 Å². The van der Waals surface area contributed by atoms with E-state index >= 15 is 0 Å². The molecular formula is C8H13Y-. The van der Waals surface area contributed by atoms with E-state index in [1.54, 1.807) is 0 Å². The number of hydrogen-bond donors (Lipinski definition) is 0. The Kier molecular flexibility index (Phi) is 7.24. The van der Waals surface area contributed by atoms with Gasteiger partial charge in [0.2, 0.25) is 0 Å². The third kappa shape index (κ3) is 11.9. The van der Waals surface area contributed by atoms with Crippen LogP contribution in [-0.2, 0) is 32.7 Å². The average molecular weight is 198 g/mol. The Morgan fingerprint density at radius 3 is 1.89 bits per heavy atom. The largest absolute Gasteiger partial charge is 0.327 e. The Morgan fingerprint density at radius 1 is 1.33 bits per heavy atom. The van der Waals surface area contributed by atoms with Crippen molar-refractivity contribution in [3.8, 4) is 11.8 Å². The third-order valence-corrected chi connectivity index (χ3v) is 0.744. The van der Waals surface area contributed by atoms with Crippen LogP contribution >= 0.6 is 0 Å². The van der Waals surface area contributed by atoms with Gasteiger partial charge in [-0.3, -0.25) is 5.92 Å². The second-order valence-electron chi connectivity index (χ2n) is 3.09. The van der Waals surface area contributed by atoms with Crippen molar-refractivity contribution in [1.82, 2.24) is 0 Å². The Bertz CT molecular complexity index is 109. The summed E-state index contributed by atoms with van der Waals surface area (Å²) >= 11 is 0. The molecule has 0 bridgehead atoms. The van der Waals surface area contributed by atoms with Gasteiger partial charge in [0.15, 0.2) is 0 Å². The summed E-state index contributed by atoms with van der Waals surface area (Å²) in [6.45, 7) is 9.92. The zero-order valence-corrected chi connectivity index (χ0v) is 9.33. The van der Waals surface area contributed by atoms with Gasteiger partial charge >= 0.3 is 0 Å². The maximum absolute atomic E-state index is 3.43. The molecule has 0 spiro atoms. The van der Waals surface area contributed by atoms with Gasteiger partial charge in [-0.2, -0.15) is 6.92 Å².